The first kappa shape index (κ1) is 14.7. The SMILES string of the molecule is CC(C)NC(CC(=O)c1ccc(Cl)cc1)C(=O)O. The fourth-order valence-corrected chi connectivity index (χ4v) is 1.68. The fraction of sp³-hybridized carbons (Fsp3) is 0.385. The van der Waals surface area contributed by atoms with Gasteiger partial charge in [0.1, 0.15) is 6.04 Å². The highest BCUT2D eigenvalue weighted by Gasteiger charge is 2.22. The van der Waals surface area contributed by atoms with Crippen molar-refractivity contribution in [1.82, 2.24) is 5.32 Å². The Hall–Kier alpha value is -1.39. The number of carboxylic acids is 1. The van der Waals surface area contributed by atoms with Crippen molar-refractivity contribution in [3.63, 3.8) is 0 Å². The van der Waals surface area contributed by atoms with E-state index < -0.39 is 12.0 Å². The first-order chi connectivity index (χ1) is 8.40. The number of ketones is 1. The second-order valence-electron chi connectivity index (χ2n) is 4.35. The van der Waals surface area contributed by atoms with E-state index in [0.717, 1.165) is 0 Å². The smallest absolute Gasteiger partial charge is 0.321 e. The van der Waals surface area contributed by atoms with Crippen molar-refractivity contribution in [1.29, 1.82) is 0 Å². The van der Waals surface area contributed by atoms with Gasteiger partial charge in [-0.1, -0.05) is 25.4 Å². The van der Waals surface area contributed by atoms with Crippen LogP contribution >= 0.6 is 11.6 Å². The first-order valence-corrected chi connectivity index (χ1v) is 6.05. The molecule has 0 heterocycles. The van der Waals surface area contributed by atoms with E-state index in [1.165, 1.54) is 0 Å². The molecule has 1 aromatic carbocycles. The van der Waals surface area contributed by atoms with Crippen molar-refractivity contribution < 1.29 is 14.7 Å². The molecule has 0 saturated heterocycles. The molecule has 1 aromatic rings. The van der Waals surface area contributed by atoms with Gasteiger partial charge in [0.05, 0.1) is 0 Å². The minimum Gasteiger partial charge on any atom is -0.480 e. The minimum atomic E-state index is -1.02. The summed E-state index contributed by atoms with van der Waals surface area (Å²) in [4.78, 5) is 22.9. The summed E-state index contributed by atoms with van der Waals surface area (Å²) in [7, 11) is 0. The van der Waals surface area contributed by atoms with Crippen molar-refractivity contribution in [2.75, 3.05) is 0 Å². The summed E-state index contributed by atoms with van der Waals surface area (Å²) in [6.45, 7) is 3.67. The number of carbonyl (C=O) groups is 2. The molecule has 4 nitrogen and oxygen atoms in total. The van der Waals surface area contributed by atoms with Gasteiger partial charge in [-0.2, -0.15) is 0 Å². The number of hydrogen-bond donors (Lipinski definition) is 2. The zero-order valence-corrected chi connectivity index (χ0v) is 11.1. The summed E-state index contributed by atoms with van der Waals surface area (Å²) in [6.07, 6.45) is -0.0743. The van der Waals surface area contributed by atoms with Crippen LogP contribution in [0.3, 0.4) is 0 Å². The van der Waals surface area contributed by atoms with Crippen LogP contribution < -0.4 is 5.32 Å². The van der Waals surface area contributed by atoms with Gasteiger partial charge < -0.3 is 10.4 Å². The zero-order valence-electron chi connectivity index (χ0n) is 10.3. The molecule has 5 heteroatoms. The van der Waals surface area contributed by atoms with E-state index in [1.54, 1.807) is 24.3 Å². The number of Topliss-reactive ketones (excluding diaryl/α,β-unsaturated/α-hetero) is 1. The number of hydrogen-bond acceptors (Lipinski definition) is 3. The largest absolute Gasteiger partial charge is 0.480 e. The van der Waals surface area contributed by atoms with E-state index in [9.17, 15) is 9.59 Å². The van der Waals surface area contributed by atoms with E-state index >= 15 is 0 Å². The molecule has 2 N–H and O–H groups in total. The Morgan fingerprint density at radius 1 is 1.28 bits per heavy atom. The molecule has 1 unspecified atom stereocenters. The van der Waals surface area contributed by atoms with E-state index in [-0.39, 0.29) is 18.2 Å². The Labute approximate surface area is 111 Å². The van der Waals surface area contributed by atoms with Gasteiger partial charge in [-0.05, 0) is 24.3 Å². The number of carbonyl (C=O) groups excluding carboxylic acids is 1. The third kappa shape index (κ3) is 4.47. The summed E-state index contributed by atoms with van der Waals surface area (Å²) in [5.74, 6) is -1.24. The molecule has 0 aliphatic heterocycles. The minimum absolute atomic E-state index is 0.00381. The molecule has 0 aliphatic carbocycles. The van der Waals surface area contributed by atoms with Gasteiger partial charge in [0.15, 0.2) is 5.78 Å². The van der Waals surface area contributed by atoms with Crippen LogP contribution in [0.1, 0.15) is 30.6 Å². The van der Waals surface area contributed by atoms with Crippen molar-refractivity contribution >= 4 is 23.4 Å². The quantitative estimate of drug-likeness (QED) is 0.778. The Kier molecular flexibility index (Phi) is 5.31. The molecule has 0 spiro atoms. The van der Waals surface area contributed by atoms with E-state index in [4.69, 9.17) is 16.7 Å². The number of halogens is 1. The lowest BCUT2D eigenvalue weighted by Crippen LogP contribution is -2.42. The molecular weight excluding hydrogens is 254 g/mol. The summed E-state index contributed by atoms with van der Waals surface area (Å²) >= 11 is 5.72. The number of carboxylic acid groups (broad SMARTS) is 1. The Morgan fingerprint density at radius 2 is 1.83 bits per heavy atom. The lowest BCUT2D eigenvalue weighted by atomic mass is 10.0. The second kappa shape index (κ2) is 6.52. The molecule has 0 aromatic heterocycles. The maximum atomic E-state index is 11.9. The molecule has 18 heavy (non-hydrogen) atoms. The van der Waals surface area contributed by atoms with Gasteiger partial charge in [-0.25, -0.2) is 0 Å². The van der Waals surface area contributed by atoms with E-state index in [1.807, 2.05) is 13.8 Å². The predicted molar refractivity (Wildman–Crippen MR) is 70.1 cm³/mol. The molecule has 1 atom stereocenters. The molecule has 0 aliphatic rings. The predicted octanol–water partition coefficient (Wildman–Crippen LogP) is 2.36. The summed E-state index contributed by atoms with van der Waals surface area (Å²) in [5.41, 5.74) is 0.469. The monoisotopic (exact) mass is 269 g/mol. The molecule has 0 fully saturated rings. The van der Waals surface area contributed by atoms with Gasteiger partial charge >= 0.3 is 5.97 Å². The fourth-order valence-electron chi connectivity index (χ4n) is 1.56. The summed E-state index contributed by atoms with van der Waals surface area (Å²) < 4.78 is 0. The van der Waals surface area contributed by atoms with Gasteiger partial charge in [-0.15, -0.1) is 0 Å². The van der Waals surface area contributed by atoms with Crippen molar-refractivity contribution in [3.8, 4) is 0 Å². The average Bonchev–Trinajstić information content (AvgIpc) is 2.28. The molecule has 0 saturated carbocycles. The number of rotatable bonds is 6. The van der Waals surface area contributed by atoms with Crippen LogP contribution in [0.5, 0.6) is 0 Å². The van der Waals surface area contributed by atoms with Crippen LogP contribution in [0, 0.1) is 0 Å². The number of benzene rings is 1. The topological polar surface area (TPSA) is 66.4 Å². The Balaban J connectivity index is 2.72. The van der Waals surface area contributed by atoms with E-state index in [0.29, 0.717) is 10.6 Å². The number of nitrogens with one attached hydrogen (secondary N) is 1. The summed E-state index contributed by atoms with van der Waals surface area (Å²) in [5, 5.41) is 12.4. The normalized spacial score (nSPS) is 12.4. The molecule has 0 amide bonds. The molecule has 98 valence electrons. The third-order valence-corrected chi connectivity index (χ3v) is 2.64. The lowest BCUT2D eigenvalue weighted by Gasteiger charge is -2.16. The summed E-state index contributed by atoms with van der Waals surface area (Å²) in [6, 6.07) is 5.55. The lowest BCUT2D eigenvalue weighted by molar-refractivity contribution is -0.139. The number of aliphatic carboxylic acids is 1. The van der Waals surface area contributed by atoms with Crippen LogP contribution in [0.4, 0.5) is 0 Å². The van der Waals surface area contributed by atoms with Gasteiger partial charge in [0.2, 0.25) is 0 Å². The highest BCUT2D eigenvalue weighted by molar-refractivity contribution is 6.30. The Bertz CT molecular complexity index is 428. The maximum absolute atomic E-state index is 11.9. The van der Waals surface area contributed by atoms with Crippen LogP contribution in [0.15, 0.2) is 24.3 Å². The van der Waals surface area contributed by atoms with Crippen LogP contribution in [-0.4, -0.2) is 28.9 Å². The highest BCUT2D eigenvalue weighted by Crippen LogP contribution is 2.12. The third-order valence-electron chi connectivity index (χ3n) is 2.39. The average molecular weight is 270 g/mol. The van der Waals surface area contributed by atoms with Crippen LogP contribution in [0.25, 0.3) is 0 Å². The van der Waals surface area contributed by atoms with Crippen molar-refractivity contribution in [2.45, 2.75) is 32.4 Å². The second-order valence-corrected chi connectivity index (χ2v) is 4.78. The zero-order chi connectivity index (χ0) is 13.7. The first-order valence-electron chi connectivity index (χ1n) is 5.67. The maximum Gasteiger partial charge on any atom is 0.321 e. The van der Waals surface area contributed by atoms with Gasteiger partial charge in [0, 0.05) is 23.0 Å². The van der Waals surface area contributed by atoms with Gasteiger partial charge in [-0.3, -0.25) is 9.59 Å². The van der Waals surface area contributed by atoms with Crippen LogP contribution in [0.2, 0.25) is 5.02 Å². The molecule has 0 bridgehead atoms. The van der Waals surface area contributed by atoms with Crippen molar-refractivity contribution in [3.05, 3.63) is 34.9 Å². The Morgan fingerprint density at radius 3 is 2.28 bits per heavy atom. The molecular formula is C13H16ClNO3. The van der Waals surface area contributed by atoms with E-state index in [2.05, 4.69) is 5.32 Å². The standard InChI is InChI=1S/C13H16ClNO3/c1-8(2)15-11(13(17)18)7-12(16)9-3-5-10(14)6-4-9/h3-6,8,11,15H,7H2,1-2H3,(H,17,18). The van der Waals surface area contributed by atoms with Gasteiger partial charge in [0.25, 0.3) is 0 Å². The van der Waals surface area contributed by atoms with Crippen molar-refractivity contribution in [2.24, 2.45) is 0 Å². The van der Waals surface area contributed by atoms with Crippen LogP contribution in [-0.2, 0) is 4.79 Å². The molecule has 0 radical (unpaired) electrons. The highest BCUT2D eigenvalue weighted by atomic mass is 35.5. The molecule has 1 rings (SSSR count).